The molecule has 2 fully saturated rings. The SMILES string of the molecule is Cc1cc(COc2ccc(S(=O)(=O)N[C@@H]3[C@@H]4CC[C@@H](C4)[C@@H]3C(=O)NO)cc2)c2ccccc2n1. The number of pyridine rings is 1. The van der Waals surface area contributed by atoms with Crippen LogP contribution in [0, 0.1) is 24.7 Å². The number of carbonyl (C=O) groups excluding carboxylic acids is 1. The Labute approximate surface area is 198 Å². The van der Waals surface area contributed by atoms with Gasteiger partial charge < -0.3 is 4.74 Å². The van der Waals surface area contributed by atoms with Crippen LogP contribution in [-0.4, -0.2) is 30.6 Å². The second-order valence-electron chi connectivity index (χ2n) is 9.18. The second kappa shape index (κ2) is 8.98. The van der Waals surface area contributed by atoms with Gasteiger partial charge in [0.05, 0.1) is 16.3 Å². The van der Waals surface area contributed by atoms with E-state index < -0.39 is 27.9 Å². The van der Waals surface area contributed by atoms with Crippen molar-refractivity contribution in [3.8, 4) is 5.75 Å². The molecule has 0 spiro atoms. The Bertz CT molecular complexity index is 1330. The number of nitrogens with one attached hydrogen (secondary N) is 2. The predicted molar refractivity (Wildman–Crippen MR) is 126 cm³/mol. The van der Waals surface area contributed by atoms with Gasteiger partial charge in [-0.1, -0.05) is 18.2 Å². The number of carbonyl (C=O) groups is 1. The summed E-state index contributed by atoms with van der Waals surface area (Å²) in [6.45, 7) is 2.27. The first-order valence-electron chi connectivity index (χ1n) is 11.4. The first kappa shape index (κ1) is 22.8. The molecule has 2 aliphatic carbocycles. The highest BCUT2D eigenvalue weighted by molar-refractivity contribution is 7.89. The molecule has 2 saturated carbocycles. The van der Waals surface area contributed by atoms with Crippen LogP contribution >= 0.6 is 0 Å². The second-order valence-corrected chi connectivity index (χ2v) is 10.9. The quantitative estimate of drug-likeness (QED) is 0.352. The Morgan fingerprint density at radius 3 is 2.62 bits per heavy atom. The monoisotopic (exact) mass is 481 g/mol. The van der Waals surface area contributed by atoms with E-state index in [-0.39, 0.29) is 16.7 Å². The zero-order valence-electron chi connectivity index (χ0n) is 18.8. The normalized spacial score (nSPS) is 23.8. The molecule has 3 aromatic rings. The summed E-state index contributed by atoms with van der Waals surface area (Å²) in [5.74, 6) is -0.339. The van der Waals surface area contributed by atoms with Gasteiger partial charge in [0.25, 0.3) is 0 Å². The molecule has 5 rings (SSSR count). The van der Waals surface area contributed by atoms with Crippen LogP contribution in [0.15, 0.2) is 59.5 Å². The summed E-state index contributed by atoms with van der Waals surface area (Å²) >= 11 is 0. The molecule has 34 heavy (non-hydrogen) atoms. The molecule has 2 aliphatic rings. The van der Waals surface area contributed by atoms with Gasteiger partial charge in [-0.15, -0.1) is 0 Å². The Hall–Kier alpha value is -3.01. The van der Waals surface area contributed by atoms with Crippen LogP contribution in [0.1, 0.15) is 30.5 Å². The number of para-hydroxylation sites is 1. The van der Waals surface area contributed by atoms with Crippen LogP contribution in [0.3, 0.4) is 0 Å². The Morgan fingerprint density at radius 2 is 1.85 bits per heavy atom. The standard InChI is InChI=1S/C25H27N3O5S/c1-15-12-18(21-4-2-3-5-22(21)26-15)14-33-19-8-10-20(11-9-19)34(31,32)28-24-17-7-6-16(13-17)23(24)25(29)27-30/h2-5,8-12,16-17,23-24,28,30H,6-7,13-14H2,1H3,(H,27,29)/t16-,17+,23-,24+/m0/s1. The molecule has 9 heteroatoms. The maximum Gasteiger partial charge on any atom is 0.248 e. The van der Waals surface area contributed by atoms with Gasteiger partial charge in [0.15, 0.2) is 0 Å². The van der Waals surface area contributed by atoms with Crippen molar-refractivity contribution in [1.82, 2.24) is 15.2 Å². The maximum absolute atomic E-state index is 13.0. The van der Waals surface area contributed by atoms with E-state index in [4.69, 9.17) is 9.94 Å². The molecule has 0 aliphatic heterocycles. The van der Waals surface area contributed by atoms with Crippen molar-refractivity contribution in [3.05, 3.63) is 65.9 Å². The van der Waals surface area contributed by atoms with Gasteiger partial charge in [-0.3, -0.25) is 15.0 Å². The van der Waals surface area contributed by atoms with Crippen molar-refractivity contribution < 1.29 is 23.2 Å². The van der Waals surface area contributed by atoms with E-state index in [1.165, 1.54) is 12.1 Å². The summed E-state index contributed by atoms with van der Waals surface area (Å²) in [4.78, 5) is 16.8. The minimum atomic E-state index is -3.83. The Balaban J connectivity index is 1.29. The van der Waals surface area contributed by atoms with E-state index >= 15 is 0 Å². The number of ether oxygens (including phenoxy) is 1. The largest absolute Gasteiger partial charge is 0.489 e. The van der Waals surface area contributed by atoms with Gasteiger partial charge in [-0.2, -0.15) is 0 Å². The van der Waals surface area contributed by atoms with E-state index in [1.54, 1.807) is 17.6 Å². The van der Waals surface area contributed by atoms with Crippen LogP contribution in [0.25, 0.3) is 10.9 Å². The van der Waals surface area contributed by atoms with Crippen LogP contribution in [0.2, 0.25) is 0 Å². The topological polar surface area (TPSA) is 118 Å². The van der Waals surface area contributed by atoms with Crippen LogP contribution in [-0.2, 0) is 21.4 Å². The van der Waals surface area contributed by atoms with Gasteiger partial charge in [0, 0.05) is 22.7 Å². The van der Waals surface area contributed by atoms with E-state index in [2.05, 4.69) is 9.71 Å². The third kappa shape index (κ3) is 4.26. The van der Waals surface area contributed by atoms with Gasteiger partial charge in [-0.05, 0) is 74.4 Å². The summed E-state index contributed by atoms with van der Waals surface area (Å²) in [7, 11) is -3.83. The molecule has 8 nitrogen and oxygen atoms in total. The third-order valence-corrected chi connectivity index (χ3v) is 8.55. The molecule has 0 radical (unpaired) electrons. The zero-order chi connectivity index (χ0) is 23.9. The van der Waals surface area contributed by atoms with Crippen molar-refractivity contribution in [1.29, 1.82) is 0 Å². The molecule has 4 atom stereocenters. The minimum Gasteiger partial charge on any atom is -0.489 e. The van der Waals surface area contributed by atoms with Crippen LogP contribution in [0.5, 0.6) is 5.75 Å². The minimum absolute atomic E-state index is 0.0912. The van der Waals surface area contributed by atoms with E-state index in [0.717, 1.165) is 41.4 Å². The van der Waals surface area contributed by atoms with E-state index in [0.29, 0.717) is 12.4 Å². The highest BCUT2D eigenvalue weighted by Crippen LogP contribution is 2.49. The lowest BCUT2D eigenvalue weighted by Crippen LogP contribution is -2.49. The van der Waals surface area contributed by atoms with Crippen molar-refractivity contribution in [2.45, 2.75) is 43.7 Å². The average molecular weight is 482 g/mol. The number of nitrogens with zero attached hydrogens (tertiary/aromatic N) is 1. The molecule has 178 valence electrons. The number of rotatable bonds is 7. The highest BCUT2D eigenvalue weighted by Gasteiger charge is 2.52. The maximum atomic E-state index is 13.0. The summed E-state index contributed by atoms with van der Waals surface area (Å²) in [5.41, 5.74) is 4.51. The zero-order valence-corrected chi connectivity index (χ0v) is 19.6. The number of aromatic nitrogens is 1. The first-order valence-corrected chi connectivity index (χ1v) is 12.9. The molecule has 1 aromatic heterocycles. The summed E-state index contributed by atoms with van der Waals surface area (Å²) in [6, 6.07) is 15.6. The molecular formula is C25H27N3O5S. The Morgan fingerprint density at radius 1 is 1.12 bits per heavy atom. The molecule has 3 N–H and O–H groups in total. The number of fused-ring (bicyclic) bond motifs is 3. The van der Waals surface area contributed by atoms with E-state index in [9.17, 15) is 13.2 Å². The lowest BCUT2D eigenvalue weighted by molar-refractivity contribution is -0.135. The molecule has 2 bridgehead atoms. The smallest absolute Gasteiger partial charge is 0.248 e. The fourth-order valence-corrected chi connectivity index (χ4v) is 6.88. The number of hydroxylamine groups is 1. The number of sulfonamides is 1. The number of hydrogen-bond donors (Lipinski definition) is 3. The number of hydrogen-bond acceptors (Lipinski definition) is 6. The Kier molecular flexibility index (Phi) is 6.01. The van der Waals surface area contributed by atoms with Crippen LogP contribution < -0.4 is 14.9 Å². The summed E-state index contributed by atoms with van der Waals surface area (Å²) in [6.07, 6.45) is 2.55. The molecule has 1 amide bonds. The number of benzene rings is 2. The van der Waals surface area contributed by atoms with Crippen molar-refractivity contribution in [2.75, 3.05) is 0 Å². The summed E-state index contributed by atoms with van der Waals surface area (Å²) < 4.78 is 34.7. The lowest BCUT2D eigenvalue weighted by atomic mass is 9.84. The third-order valence-electron chi connectivity index (χ3n) is 7.08. The lowest BCUT2D eigenvalue weighted by Gasteiger charge is -2.29. The van der Waals surface area contributed by atoms with Gasteiger partial charge in [-0.25, -0.2) is 18.6 Å². The first-order chi connectivity index (χ1) is 16.4. The van der Waals surface area contributed by atoms with Gasteiger partial charge in [0.1, 0.15) is 12.4 Å². The predicted octanol–water partition coefficient (Wildman–Crippen LogP) is 3.32. The van der Waals surface area contributed by atoms with Crippen molar-refractivity contribution in [2.24, 2.45) is 17.8 Å². The summed E-state index contributed by atoms with van der Waals surface area (Å²) in [5, 5.41) is 10.1. The van der Waals surface area contributed by atoms with Crippen molar-refractivity contribution >= 4 is 26.8 Å². The molecule has 2 aromatic carbocycles. The fraction of sp³-hybridized carbons (Fsp3) is 0.360. The number of amides is 1. The highest BCUT2D eigenvalue weighted by atomic mass is 32.2. The van der Waals surface area contributed by atoms with Gasteiger partial charge >= 0.3 is 0 Å². The molecule has 0 saturated heterocycles. The van der Waals surface area contributed by atoms with E-state index in [1.807, 2.05) is 37.3 Å². The van der Waals surface area contributed by atoms with Gasteiger partial charge in [0.2, 0.25) is 15.9 Å². The van der Waals surface area contributed by atoms with Crippen LogP contribution in [0.4, 0.5) is 0 Å². The number of aryl methyl sites for hydroxylation is 1. The molecule has 0 unspecified atom stereocenters. The van der Waals surface area contributed by atoms with Crippen molar-refractivity contribution in [3.63, 3.8) is 0 Å². The molecule has 1 heterocycles. The molecular weight excluding hydrogens is 454 g/mol. The average Bonchev–Trinajstić information content (AvgIpc) is 3.44. The fourth-order valence-electron chi connectivity index (χ4n) is 5.55.